The molecule has 0 radical (unpaired) electrons. The third-order valence-electron chi connectivity index (χ3n) is 7.89. The lowest BCUT2D eigenvalue weighted by Gasteiger charge is -2.30. The number of hydrogen-bond donors (Lipinski definition) is 4. The fraction of sp³-hybridized carbons (Fsp3) is 0.657. The number of ketones is 1. The normalized spacial score (nSPS) is 14.1. The Morgan fingerprint density at radius 2 is 1.50 bits per heavy atom. The third kappa shape index (κ3) is 16.3. The van der Waals surface area contributed by atoms with Crippen LogP contribution in [-0.4, -0.2) is 58.5 Å². The van der Waals surface area contributed by atoms with E-state index < -0.39 is 48.2 Å². The second-order valence-corrected chi connectivity index (χ2v) is 11.9. The largest absolute Gasteiger partial charge is 0.494 e. The van der Waals surface area contributed by atoms with Gasteiger partial charge in [-0.3, -0.25) is 14.4 Å². The zero-order chi connectivity index (χ0) is 34.4. The van der Waals surface area contributed by atoms with Gasteiger partial charge in [0.05, 0.1) is 12.5 Å². The van der Waals surface area contributed by atoms with Gasteiger partial charge >= 0.3 is 5.97 Å². The number of nitrogens with two attached hydrogens (primary N) is 1. The number of benzene rings is 1. The molecule has 2 amide bonds. The zero-order valence-electron chi connectivity index (χ0n) is 27.5. The minimum Gasteiger partial charge on any atom is -0.494 e. The van der Waals surface area contributed by atoms with Crippen molar-refractivity contribution in [3.63, 3.8) is 0 Å². The number of nitrogens with one attached hydrogen (secondary N) is 1. The average molecular weight is 653 g/mol. The smallest absolute Gasteiger partial charge is 0.337 e. The number of allylic oxidation sites excluding steroid dienone is 1. The van der Waals surface area contributed by atoms with E-state index in [1.54, 1.807) is 24.3 Å². The molecular weight excluding hydrogens is 598 g/mol. The van der Waals surface area contributed by atoms with Crippen LogP contribution in [0.15, 0.2) is 36.4 Å². The van der Waals surface area contributed by atoms with Crippen molar-refractivity contribution in [2.45, 2.75) is 135 Å². The molecule has 1 aromatic rings. The Morgan fingerprint density at radius 3 is 2.04 bits per heavy atom. The van der Waals surface area contributed by atoms with E-state index in [1.807, 2.05) is 6.92 Å². The van der Waals surface area contributed by atoms with Gasteiger partial charge in [0.2, 0.25) is 18.2 Å². The van der Waals surface area contributed by atoms with Gasteiger partial charge in [-0.15, -0.1) is 0 Å². The number of rotatable bonds is 27. The van der Waals surface area contributed by atoms with E-state index in [4.69, 9.17) is 10.5 Å². The molecule has 1 rings (SSSR count). The number of hydrogen-bond acceptors (Lipinski definition) is 6. The maximum absolute atomic E-state index is 13.4. The second-order valence-electron chi connectivity index (χ2n) is 11.9. The van der Waals surface area contributed by atoms with Crippen molar-refractivity contribution in [2.24, 2.45) is 11.7 Å². The number of amides is 2. The van der Waals surface area contributed by atoms with E-state index >= 15 is 0 Å². The van der Waals surface area contributed by atoms with Gasteiger partial charge < -0.3 is 26.0 Å². The summed E-state index contributed by atoms with van der Waals surface area (Å²) >= 11 is 0. The number of alkyl halides is 2. The predicted octanol–water partition coefficient (Wildman–Crippen LogP) is 6.29. The SMILES string of the molecule is CCCCCCCC(=O)CCCCCC/C=C/[C@H](C(=O)N[C@@H](Cc1ccc(OCCCC)cc1)C(N)=O)[C@@](O)(CC(F)F)C(=O)O. The molecular formula is C35H54F2N2O7. The highest BCUT2D eigenvalue weighted by atomic mass is 19.3. The van der Waals surface area contributed by atoms with Gasteiger partial charge in [-0.05, 0) is 49.8 Å². The lowest BCUT2D eigenvalue weighted by Crippen LogP contribution is -2.56. The number of ether oxygens (including phenoxy) is 1. The summed E-state index contributed by atoms with van der Waals surface area (Å²) in [7, 11) is 0. The molecule has 9 nitrogen and oxygen atoms in total. The minimum absolute atomic E-state index is 0.0472. The number of carbonyl (C=O) groups excluding carboxylic acids is 3. The van der Waals surface area contributed by atoms with Crippen LogP contribution in [0.2, 0.25) is 0 Å². The molecule has 0 aliphatic rings. The quantitative estimate of drug-likeness (QED) is 0.0643. The summed E-state index contributed by atoms with van der Waals surface area (Å²) in [4.78, 5) is 49.5. The number of unbranched alkanes of at least 4 members (excludes halogenated alkanes) is 9. The van der Waals surface area contributed by atoms with E-state index in [9.17, 15) is 38.2 Å². The molecule has 11 heteroatoms. The summed E-state index contributed by atoms with van der Waals surface area (Å²) in [5.74, 6) is -5.03. The Hall–Kier alpha value is -3.34. The maximum Gasteiger partial charge on any atom is 0.337 e. The number of halogens is 2. The van der Waals surface area contributed by atoms with Crippen molar-refractivity contribution in [3.8, 4) is 5.75 Å². The Labute approximate surface area is 272 Å². The van der Waals surface area contributed by atoms with E-state index in [1.165, 1.54) is 12.5 Å². The van der Waals surface area contributed by atoms with Crippen molar-refractivity contribution in [1.29, 1.82) is 0 Å². The highest BCUT2D eigenvalue weighted by Gasteiger charge is 2.49. The highest BCUT2D eigenvalue weighted by Crippen LogP contribution is 2.28. The summed E-state index contributed by atoms with van der Waals surface area (Å²) in [5.41, 5.74) is 3.02. The van der Waals surface area contributed by atoms with E-state index in [0.29, 0.717) is 43.6 Å². The van der Waals surface area contributed by atoms with Crippen LogP contribution < -0.4 is 15.8 Å². The molecule has 0 saturated carbocycles. The minimum atomic E-state index is -3.21. The van der Waals surface area contributed by atoms with Crippen LogP contribution in [0.3, 0.4) is 0 Å². The first kappa shape index (κ1) is 40.7. The second kappa shape index (κ2) is 23.1. The van der Waals surface area contributed by atoms with Gasteiger partial charge in [0.15, 0.2) is 5.60 Å². The summed E-state index contributed by atoms with van der Waals surface area (Å²) < 4.78 is 32.4. The topological polar surface area (TPSA) is 156 Å². The summed E-state index contributed by atoms with van der Waals surface area (Å²) in [5, 5.41) is 22.9. The Morgan fingerprint density at radius 1 is 0.913 bits per heavy atom. The average Bonchev–Trinajstić information content (AvgIpc) is 3.00. The van der Waals surface area contributed by atoms with Gasteiger partial charge in [0, 0.05) is 25.7 Å². The van der Waals surface area contributed by atoms with Gasteiger partial charge in [-0.25, -0.2) is 13.6 Å². The summed E-state index contributed by atoms with van der Waals surface area (Å²) in [6.07, 6.45) is 9.74. The highest BCUT2D eigenvalue weighted by molar-refractivity contribution is 5.93. The Balaban J connectivity index is 2.81. The molecule has 260 valence electrons. The van der Waals surface area contributed by atoms with Crippen molar-refractivity contribution >= 4 is 23.6 Å². The molecule has 1 aromatic carbocycles. The van der Waals surface area contributed by atoms with Crippen LogP contribution >= 0.6 is 0 Å². The zero-order valence-corrected chi connectivity index (χ0v) is 27.5. The van der Waals surface area contributed by atoms with Gasteiger partial charge in [0.25, 0.3) is 0 Å². The summed E-state index contributed by atoms with van der Waals surface area (Å²) in [6.45, 7) is 4.74. The predicted molar refractivity (Wildman–Crippen MR) is 174 cm³/mol. The van der Waals surface area contributed by atoms with E-state index in [-0.39, 0.29) is 12.2 Å². The molecule has 0 aliphatic carbocycles. The molecule has 46 heavy (non-hydrogen) atoms. The number of Topliss-reactive ketones (excluding diaryl/α,β-unsaturated/α-hetero) is 1. The van der Waals surface area contributed by atoms with Crippen LogP contribution in [0.25, 0.3) is 0 Å². The van der Waals surface area contributed by atoms with Gasteiger partial charge in [0.1, 0.15) is 17.6 Å². The Bertz CT molecular complexity index is 1080. The molecule has 0 saturated heterocycles. The fourth-order valence-corrected chi connectivity index (χ4v) is 5.04. The molecule has 0 aliphatic heterocycles. The molecule has 0 fully saturated rings. The number of primary amides is 1. The standard InChI is InChI=1S/C35H54F2N2O7/c1-3-5-7-10-13-16-27(40)17-14-11-8-9-12-15-18-29(35(45,34(43)44)25-31(36)37)33(42)39-30(32(38)41)24-26-19-21-28(22-20-26)46-23-6-4-2/h15,18-22,29-31,45H,3-14,16-17,23-25H2,1-2H3,(H2,38,41)(H,39,42)(H,43,44)/b18-15+/t29-,30+,35+/m1/s1. The van der Waals surface area contributed by atoms with Crippen LogP contribution in [0.5, 0.6) is 5.75 Å². The molecule has 0 heterocycles. The molecule has 0 bridgehead atoms. The number of carbonyl (C=O) groups is 4. The first-order valence-electron chi connectivity index (χ1n) is 16.7. The molecule has 0 spiro atoms. The fourth-order valence-electron chi connectivity index (χ4n) is 5.04. The number of carboxylic acid groups (broad SMARTS) is 1. The number of carboxylic acids is 1. The third-order valence-corrected chi connectivity index (χ3v) is 7.89. The van der Waals surface area contributed by atoms with Crippen molar-refractivity contribution in [2.75, 3.05) is 6.61 Å². The lowest BCUT2D eigenvalue weighted by molar-refractivity contribution is -0.171. The van der Waals surface area contributed by atoms with Crippen LogP contribution in [0, 0.1) is 5.92 Å². The number of aliphatic carboxylic acids is 1. The van der Waals surface area contributed by atoms with Gasteiger partial charge in [-0.2, -0.15) is 0 Å². The maximum atomic E-state index is 13.4. The molecule has 3 atom stereocenters. The molecule has 0 aromatic heterocycles. The first-order valence-corrected chi connectivity index (χ1v) is 16.7. The monoisotopic (exact) mass is 652 g/mol. The van der Waals surface area contributed by atoms with E-state index in [2.05, 4.69) is 12.2 Å². The number of aliphatic hydroxyl groups is 1. The van der Waals surface area contributed by atoms with E-state index in [0.717, 1.165) is 63.9 Å². The van der Waals surface area contributed by atoms with Crippen molar-refractivity contribution in [3.05, 3.63) is 42.0 Å². The van der Waals surface area contributed by atoms with Crippen molar-refractivity contribution < 1.29 is 42.9 Å². The Kier molecular flexibility index (Phi) is 20.4. The van der Waals surface area contributed by atoms with Crippen molar-refractivity contribution in [1.82, 2.24) is 5.32 Å². The van der Waals surface area contributed by atoms with Crippen LogP contribution in [-0.2, 0) is 25.6 Å². The van der Waals surface area contributed by atoms with Gasteiger partial charge in [-0.1, -0.05) is 83.1 Å². The summed E-state index contributed by atoms with van der Waals surface area (Å²) in [6, 6.07) is 5.50. The van der Waals surface area contributed by atoms with Crippen LogP contribution in [0.4, 0.5) is 8.78 Å². The lowest BCUT2D eigenvalue weighted by atomic mass is 9.82. The molecule has 0 unspecified atom stereocenters. The first-order chi connectivity index (χ1) is 21.9. The van der Waals surface area contributed by atoms with Crippen LogP contribution in [0.1, 0.15) is 116 Å². The molecule has 5 N–H and O–H groups in total.